The summed E-state index contributed by atoms with van der Waals surface area (Å²) in [5.41, 5.74) is 1.07. The van der Waals surface area contributed by atoms with Gasteiger partial charge in [0.1, 0.15) is 5.82 Å². The number of anilines is 2. The number of rotatable bonds is 3. The highest BCUT2D eigenvalue weighted by atomic mass is 35.5. The maximum absolute atomic E-state index is 12.5. The Bertz CT molecular complexity index is 691. The van der Waals surface area contributed by atoms with Gasteiger partial charge in [0.2, 0.25) is 5.91 Å². The van der Waals surface area contributed by atoms with E-state index in [1.165, 1.54) is 0 Å². The highest BCUT2D eigenvalue weighted by Crippen LogP contribution is 2.23. The number of halogens is 1. The van der Waals surface area contributed by atoms with Crippen LogP contribution in [0.1, 0.15) is 18.4 Å². The Morgan fingerprint density at radius 1 is 1.35 bits per heavy atom. The molecule has 23 heavy (non-hydrogen) atoms. The first-order valence-electron chi connectivity index (χ1n) is 7.59. The lowest BCUT2D eigenvalue weighted by atomic mass is 9.97. The molecule has 1 aliphatic rings. The van der Waals surface area contributed by atoms with E-state index in [1.807, 2.05) is 25.1 Å². The summed E-state index contributed by atoms with van der Waals surface area (Å²) in [5.74, 6) is 1.25. The zero-order valence-corrected chi connectivity index (χ0v) is 13.6. The average Bonchev–Trinajstić information content (AvgIpc) is 2.56. The van der Waals surface area contributed by atoms with E-state index in [1.54, 1.807) is 12.3 Å². The number of hydrogen-bond donors (Lipinski definition) is 1. The molecule has 7 heteroatoms. The van der Waals surface area contributed by atoms with E-state index >= 15 is 0 Å². The Morgan fingerprint density at radius 3 is 2.96 bits per heavy atom. The minimum Gasteiger partial charge on any atom is -0.354 e. The van der Waals surface area contributed by atoms with Gasteiger partial charge < -0.3 is 10.2 Å². The monoisotopic (exact) mass is 331 g/mol. The van der Waals surface area contributed by atoms with Crippen molar-refractivity contribution in [2.75, 3.05) is 23.3 Å². The van der Waals surface area contributed by atoms with Crippen molar-refractivity contribution in [3.05, 3.63) is 41.2 Å². The second kappa shape index (κ2) is 6.91. The normalized spacial score (nSPS) is 17.8. The second-order valence-electron chi connectivity index (χ2n) is 5.71. The van der Waals surface area contributed by atoms with Crippen molar-refractivity contribution >= 4 is 29.1 Å². The van der Waals surface area contributed by atoms with Gasteiger partial charge in [-0.05, 0) is 49.6 Å². The van der Waals surface area contributed by atoms with Gasteiger partial charge in [0.25, 0.3) is 0 Å². The molecule has 0 aromatic carbocycles. The van der Waals surface area contributed by atoms with Crippen molar-refractivity contribution in [1.29, 1.82) is 0 Å². The fourth-order valence-electron chi connectivity index (χ4n) is 2.71. The van der Waals surface area contributed by atoms with E-state index < -0.39 is 0 Å². The topological polar surface area (TPSA) is 71.0 Å². The number of pyridine rings is 1. The van der Waals surface area contributed by atoms with Crippen molar-refractivity contribution in [2.45, 2.75) is 19.8 Å². The molecule has 3 heterocycles. The summed E-state index contributed by atoms with van der Waals surface area (Å²) in [7, 11) is 0. The molecule has 1 aliphatic heterocycles. The van der Waals surface area contributed by atoms with Gasteiger partial charge in [-0.2, -0.15) is 0 Å². The summed E-state index contributed by atoms with van der Waals surface area (Å²) in [6, 6.07) is 7.31. The molecule has 0 bridgehead atoms. The van der Waals surface area contributed by atoms with Crippen LogP contribution in [0.5, 0.6) is 0 Å². The van der Waals surface area contributed by atoms with E-state index in [4.69, 9.17) is 11.6 Å². The van der Waals surface area contributed by atoms with E-state index in [2.05, 4.69) is 25.4 Å². The van der Waals surface area contributed by atoms with Crippen LogP contribution in [-0.4, -0.2) is 34.2 Å². The molecule has 1 N–H and O–H groups in total. The molecule has 1 saturated heterocycles. The summed E-state index contributed by atoms with van der Waals surface area (Å²) in [6.07, 6.45) is 3.49. The summed E-state index contributed by atoms with van der Waals surface area (Å²) >= 11 is 5.77. The lowest BCUT2D eigenvalue weighted by molar-refractivity contribution is -0.120. The fraction of sp³-hybridized carbons (Fsp3) is 0.375. The molecule has 0 saturated carbocycles. The quantitative estimate of drug-likeness (QED) is 0.936. The van der Waals surface area contributed by atoms with Crippen LogP contribution in [-0.2, 0) is 4.79 Å². The minimum atomic E-state index is -0.0939. The molecular weight excluding hydrogens is 314 g/mol. The third-order valence-corrected chi connectivity index (χ3v) is 4.10. The van der Waals surface area contributed by atoms with Crippen LogP contribution in [0.25, 0.3) is 0 Å². The SMILES string of the molecule is Cc1ccnc(NC(=O)[C@@H]2CCCN(c3ccc(Cl)nn3)C2)c1. The van der Waals surface area contributed by atoms with Crippen LogP contribution in [0.3, 0.4) is 0 Å². The van der Waals surface area contributed by atoms with Crippen molar-refractivity contribution in [3.8, 4) is 0 Å². The average molecular weight is 332 g/mol. The van der Waals surface area contributed by atoms with Crippen molar-refractivity contribution in [1.82, 2.24) is 15.2 Å². The molecule has 1 fully saturated rings. The molecular formula is C16H18ClN5O. The molecule has 1 amide bonds. The standard InChI is InChI=1S/C16H18ClN5O/c1-11-6-7-18-14(9-11)19-16(23)12-3-2-8-22(10-12)15-5-4-13(17)20-21-15/h4-7,9,12H,2-3,8,10H2,1H3,(H,18,19,23)/t12-/m1/s1. The van der Waals surface area contributed by atoms with Crippen molar-refractivity contribution < 1.29 is 4.79 Å². The minimum absolute atomic E-state index is 0.00489. The van der Waals surface area contributed by atoms with Gasteiger partial charge in [0.05, 0.1) is 5.92 Å². The zero-order valence-electron chi connectivity index (χ0n) is 12.9. The lowest BCUT2D eigenvalue weighted by Gasteiger charge is -2.32. The molecule has 2 aromatic heterocycles. The number of aromatic nitrogens is 3. The predicted octanol–water partition coefficient (Wildman–Crippen LogP) is 2.69. The number of carbonyl (C=O) groups excluding carboxylic acids is 1. The Morgan fingerprint density at radius 2 is 2.22 bits per heavy atom. The van der Waals surface area contributed by atoms with Crippen LogP contribution in [0.15, 0.2) is 30.5 Å². The van der Waals surface area contributed by atoms with Crippen LogP contribution >= 0.6 is 11.6 Å². The second-order valence-corrected chi connectivity index (χ2v) is 6.09. The maximum Gasteiger partial charge on any atom is 0.230 e. The third-order valence-electron chi connectivity index (χ3n) is 3.90. The summed E-state index contributed by atoms with van der Waals surface area (Å²) in [5, 5.41) is 11.2. The Labute approximate surface area is 139 Å². The first-order valence-corrected chi connectivity index (χ1v) is 7.97. The molecule has 120 valence electrons. The van der Waals surface area contributed by atoms with Crippen molar-refractivity contribution in [2.24, 2.45) is 5.92 Å². The van der Waals surface area contributed by atoms with Crippen LogP contribution in [0.4, 0.5) is 11.6 Å². The first-order chi connectivity index (χ1) is 11.1. The molecule has 6 nitrogen and oxygen atoms in total. The van der Waals surface area contributed by atoms with Gasteiger partial charge in [-0.25, -0.2) is 4.98 Å². The van der Waals surface area contributed by atoms with Crippen LogP contribution in [0, 0.1) is 12.8 Å². The van der Waals surface area contributed by atoms with E-state index in [9.17, 15) is 4.79 Å². The molecule has 3 rings (SSSR count). The van der Waals surface area contributed by atoms with E-state index in [0.717, 1.165) is 30.8 Å². The number of aryl methyl sites for hydroxylation is 1. The lowest BCUT2D eigenvalue weighted by Crippen LogP contribution is -2.41. The van der Waals surface area contributed by atoms with Gasteiger partial charge in [0, 0.05) is 19.3 Å². The number of nitrogens with one attached hydrogen (secondary N) is 1. The van der Waals surface area contributed by atoms with Crippen LogP contribution < -0.4 is 10.2 Å². The summed E-state index contributed by atoms with van der Waals surface area (Å²) in [6.45, 7) is 3.45. The molecule has 1 atom stereocenters. The third kappa shape index (κ3) is 3.96. The molecule has 2 aromatic rings. The van der Waals surface area contributed by atoms with Crippen LogP contribution in [0.2, 0.25) is 5.15 Å². The zero-order chi connectivity index (χ0) is 16.2. The van der Waals surface area contributed by atoms with Gasteiger partial charge >= 0.3 is 0 Å². The highest BCUT2D eigenvalue weighted by molar-refractivity contribution is 6.29. The first kappa shape index (κ1) is 15.7. The summed E-state index contributed by atoms with van der Waals surface area (Å²) in [4.78, 5) is 18.7. The van der Waals surface area contributed by atoms with Gasteiger partial charge in [0.15, 0.2) is 11.0 Å². The Kier molecular flexibility index (Phi) is 4.71. The largest absolute Gasteiger partial charge is 0.354 e. The maximum atomic E-state index is 12.5. The fourth-order valence-corrected chi connectivity index (χ4v) is 2.81. The number of hydrogen-bond acceptors (Lipinski definition) is 5. The van der Waals surface area contributed by atoms with E-state index in [0.29, 0.717) is 17.5 Å². The molecule has 0 unspecified atom stereocenters. The van der Waals surface area contributed by atoms with Gasteiger partial charge in [-0.1, -0.05) is 11.6 Å². The highest BCUT2D eigenvalue weighted by Gasteiger charge is 2.27. The Balaban J connectivity index is 1.65. The number of amides is 1. The molecule has 0 aliphatic carbocycles. The number of piperidine rings is 1. The smallest absolute Gasteiger partial charge is 0.230 e. The number of carbonyl (C=O) groups is 1. The molecule has 0 spiro atoms. The van der Waals surface area contributed by atoms with Gasteiger partial charge in [-0.15, -0.1) is 10.2 Å². The van der Waals surface area contributed by atoms with Gasteiger partial charge in [-0.3, -0.25) is 4.79 Å². The summed E-state index contributed by atoms with van der Waals surface area (Å²) < 4.78 is 0. The predicted molar refractivity (Wildman–Crippen MR) is 89.6 cm³/mol. The van der Waals surface area contributed by atoms with E-state index in [-0.39, 0.29) is 11.8 Å². The van der Waals surface area contributed by atoms with Crippen molar-refractivity contribution in [3.63, 3.8) is 0 Å². The molecule has 0 radical (unpaired) electrons. The Hall–Kier alpha value is -2.21. The number of nitrogens with zero attached hydrogens (tertiary/aromatic N) is 4.